The van der Waals surface area contributed by atoms with Crippen LogP contribution in [0.5, 0.6) is 0 Å². The first-order valence-corrected chi connectivity index (χ1v) is 11.7. The number of aliphatic carboxylic acids is 4. The number of carboxylic acids is 4. The SMILES string of the molecule is CCCC(=O)N1CCN(C(=O)CCN(CCN(C)[C@H](CC(=O)[O-])C(=O)[O-])[C@H](CC(=O)[O-])C(=O)[O-])CC1. The van der Waals surface area contributed by atoms with Gasteiger partial charge in [-0.05, 0) is 13.5 Å². The lowest BCUT2D eigenvalue weighted by molar-refractivity contribution is -0.321. The highest BCUT2D eigenvalue weighted by atomic mass is 16.4. The van der Waals surface area contributed by atoms with Crippen molar-refractivity contribution in [3.8, 4) is 0 Å². The highest BCUT2D eigenvalue weighted by Gasteiger charge is 2.26. The maximum absolute atomic E-state index is 12.7. The van der Waals surface area contributed by atoms with Gasteiger partial charge in [0.2, 0.25) is 11.8 Å². The number of amides is 2. The van der Waals surface area contributed by atoms with Gasteiger partial charge in [-0.15, -0.1) is 0 Å². The number of piperazine rings is 1. The summed E-state index contributed by atoms with van der Waals surface area (Å²) in [5.41, 5.74) is 0. The lowest BCUT2D eigenvalue weighted by Crippen LogP contribution is -2.55. The molecule has 0 aromatic heterocycles. The molecule has 1 fully saturated rings. The fourth-order valence-electron chi connectivity index (χ4n) is 3.94. The molecule has 2 amide bonds. The van der Waals surface area contributed by atoms with Crippen molar-refractivity contribution in [2.45, 2.75) is 51.1 Å². The second kappa shape index (κ2) is 15.0. The molecule has 0 radical (unpaired) electrons. The average molecular weight is 513 g/mol. The highest BCUT2D eigenvalue weighted by Crippen LogP contribution is 2.11. The van der Waals surface area contributed by atoms with Crippen LogP contribution >= 0.6 is 0 Å². The van der Waals surface area contributed by atoms with E-state index in [9.17, 15) is 49.2 Å². The van der Waals surface area contributed by atoms with Gasteiger partial charge in [0.05, 0.1) is 24.0 Å². The number of rotatable bonds is 16. The first kappa shape index (κ1) is 30.8. The number of hydrogen-bond acceptors (Lipinski definition) is 12. The largest absolute Gasteiger partial charge is 0.550 e. The molecule has 36 heavy (non-hydrogen) atoms. The topological polar surface area (TPSA) is 208 Å². The molecule has 14 nitrogen and oxygen atoms in total. The fourth-order valence-corrected chi connectivity index (χ4v) is 3.94. The maximum atomic E-state index is 12.7. The zero-order valence-electron chi connectivity index (χ0n) is 20.5. The molecule has 0 spiro atoms. The van der Waals surface area contributed by atoms with Crippen molar-refractivity contribution in [2.75, 3.05) is 52.9 Å². The summed E-state index contributed by atoms with van der Waals surface area (Å²) in [5, 5.41) is 44.8. The van der Waals surface area contributed by atoms with E-state index in [0.717, 1.165) is 9.80 Å². The van der Waals surface area contributed by atoms with Crippen LogP contribution in [0.15, 0.2) is 0 Å². The summed E-state index contributed by atoms with van der Waals surface area (Å²) in [6.45, 7) is 2.64. The minimum Gasteiger partial charge on any atom is -0.550 e. The van der Waals surface area contributed by atoms with E-state index >= 15 is 0 Å². The second-order valence-corrected chi connectivity index (χ2v) is 8.60. The molecule has 204 valence electrons. The Morgan fingerprint density at radius 2 is 1.14 bits per heavy atom. The molecule has 1 rings (SSSR count). The average Bonchev–Trinajstić information content (AvgIpc) is 2.80. The van der Waals surface area contributed by atoms with Gasteiger partial charge in [0.1, 0.15) is 0 Å². The first-order chi connectivity index (χ1) is 16.9. The molecule has 1 saturated heterocycles. The second-order valence-electron chi connectivity index (χ2n) is 8.60. The van der Waals surface area contributed by atoms with E-state index < -0.39 is 48.8 Å². The van der Waals surface area contributed by atoms with Gasteiger partial charge < -0.3 is 49.4 Å². The number of carboxylic acid groups (broad SMARTS) is 4. The third-order valence-corrected chi connectivity index (χ3v) is 6.04. The predicted octanol–water partition coefficient (Wildman–Crippen LogP) is -6.40. The smallest absolute Gasteiger partial charge is 0.223 e. The van der Waals surface area contributed by atoms with Crippen LogP contribution in [0.2, 0.25) is 0 Å². The van der Waals surface area contributed by atoms with E-state index in [0.29, 0.717) is 39.0 Å². The molecule has 2 atom stereocenters. The van der Waals surface area contributed by atoms with Crippen molar-refractivity contribution in [3.05, 3.63) is 0 Å². The van der Waals surface area contributed by atoms with Gasteiger partial charge in [-0.2, -0.15) is 0 Å². The molecule has 1 heterocycles. The van der Waals surface area contributed by atoms with E-state index in [1.165, 1.54) is 11.9 Å². The van der Waals surface area contributed by atoms with E-state index in [2.05, 4.69) is 0 Å². The lowest BCUT2D eigenvalue weighted by Gasteiger charge is -2.37. The van der Waals surface area contributed by atoms with Gasteiger partial charge >= 0.3 is 0 Å². The third kappa shape index (κ3) is 10.2. The first-order valence-electron chi connectivity index (χ1n) is 11.7. The van der Waals surface area contributed by atoms with Gasteiger partial charge in [-0.3, -0.25) is 19.4 Å². The number of nitrogens with zero attached hydrogens (tertiary/aromatic N) is 4. The number of likely N-dealkylation sites (N-methyl/N-ethyl adjacent to an activating group) is 1. The minimum absolute atomic E-state index is 0.00696. The Hall–Kier alpha value is -3.26. The van der Waals surface area contributed by atoms with Gasteiger partial charge in [-0.1, -0.05) is 6.92 Å². The van der Waals surface area contributed by atoms with Crippen molar-refractivity contribution >= 4 is 35.7 Å². The monoisotopic (exact) mass is 512 g/mol. The Bertz CT molecular complexity index is 813. The van der Waals surface area contributed by atoms with E-state index in [-0.39, 0.29) is 37.9 Å². The molecule has 0 N–H and O–H groups in total. The van der Waals surface area contributed by atoms with Crippen LogP contribution in [0.4, 0.5) is 0 Å². The molecule has 0 saturated carbocycles. The van der Waals surface area contributed by atoms with Gasteiger partial charge in [-0.25, -0.2) is 0 Å². The van der Waals surface area contributed by atoms with Crippen LogP contribution in [0, 0.1) is 0 Å². The fraction of sp³-hybridized carbons (Fsp3) is 0.727. The highest BCUT2D eigenvalue weighted by molar-refractivity contribution is 5.80. The molecule has 0 unspecified atom stereocenters. The summed E-state index contributed by atoms with van der Waals surface area (Å²) < 4.78 is 0. The van der Waals surface area contributed by atoms with Gasteiger partial charge in [0.15, 0.2) is 0 Å². The molecular formula is C22H32N4O10-4. The van der Waals surface area contributed by atoms with Crippen LogP contribution in [-0.4, -0.2) is 120 Å². The van der Waals surface area contributed by atoms with E-state index in [1.54, 1.807) is 4.90 Å². The quantitative estimate of drug-likeness (QED) is 0.189. The van der Waals surface area contributed by atoms with Crippen molar-refractivity contribution in [1.29, 1.82) is 0 Å². The number of hydrogen-bond donors (Lipinski definition) is 0. The molecule has 1 aliphatic heterocycles. The van der Waals surface area contributed by atoms with E-state index in [4.69, 9.17) is 0 Å². The summed E-state index contributed by atoms with van der Waals surface area (Å²) in [5.74, 6) is -7.00. The van der Waals surface area contributed by atoms with Crippen molar-refractivity contribution in [3.63, 3.8) is 0 Å². The Morgan fingerprint density at radius 1 is 0.694 bits per heavy atom. The Balaban J connectivity index is 2.84. The summed E-state index contributed by atoms with van der Waals surface area (Å²) >= 11 is 0. The molecular weight excluding hydrogens is 480 g/mol. The molecule has 0 aliphatic carbocycles. The number of carbonyl (C=O) groups is 6. The molecule has 0 aromatic rings. The van der Waals surface area contributed by atoms with Crippen LogP contribution in [0.1, 0.15) is 39.0 Å². The van der Waals surface area contributed by atoms with Crippen LogP contribution < -0.4 is 20.4 Å². The van der Waals surface area contributed by atoms with Crippen LogP contribution in [0.3, 0.4) is 0 Å². The van der Waals surface area contributed by atoms with Crippen LogP contribution in [-0.2, 0) is 28.8 Å². The zero-order chi connectivity index (χ0) is 27.4. The van der Waals surface area contributed by atoms with Crippen LogP contribution in [0.25, 0.3) is 0 Å². The van der Waals surface area contributed by atoms with Crippen molar-refractivity contribution < 1.29 is 49.2 Å². The minimum atomic E-state index is -1.72. The van der Waals surface area contributed by atoms with Crippen molar-refractivity contribution in [1.82, 2.24) is 19.6 Å². The normalized spacial score (nSPS) is 15.6. The van der Waals surface area contributed by atoms with Crippen molar-refractivity contribution in [2.24, 2.45) is 0 Å². The molecule has 1 aliphatic rings. The van der Waals surface area contributed by atoms with E-state index in [1.807, 2.05) is 6.92 Å². The van der Waals surface area contributed by atoms with Gasteiger partial charge in [0.25, 0.3) is 0 Å². The maximum Gasteiger partial charge on any atom is 0.223 e. The van der Waals surface area contributed by atoms with Gasteiger partial charge in [0, 0.05) is 83.4 Å². The third-order valence-electron chi connectivity index (χ3n) is 6.04. The Morgan fingerprint density at radius 3 is 1.56 bits per heavy atom. The molecule has 0 bridgehead atoms. The Kier molecular flexibility index (Phi) is 12.8. The lowest BCUT2D eigenvalue weighted by atomic mass is 10.1. The number of carbonyl (C=O) groups excluding carboxylic acids is 6. The Labute approximate surface area is 209 Å². The standard InChI is InChI=1S/C22H36N4O10/c1-3-4-17(27)25-9-11-26(12-10-25)18(28)5-6-24(16(22(35)36)14-20(31)32)8-7-23(2)15(21(33)34)13-19(29)30/h15-16H,3-14H2,1-2H3,(H,29,30)(H,31,32)(H,33,34)(H,35,36)/p-4/t15-,16-/m1/s1. The summed E-state index contributed by atoms with van der Waals surface area (Å²) in [4.78, 5) is 75.0. The molecule has 14 heteroatoms. The molecule has 0 aromatic carbocycles. The summed E-state index contributed by atoms with van der Waals surface area (Å²) in [6, 6.07) is -3.23. The summed E-state index contributed by atoms with van der Waals surface area (Å²) in [6.07, 6.45) is -0.839. The summed E-state index contributed by atoms with van der Waals surface area (Å²) in [7, 11) is 1.28. The predicted molar refractivity (Wildman–Crippen MR) is 114 cm³/mol. The zero-order valence-corrected chi connectivity index (χ0v) is 20.5.